The molecule has 1 saturated heterocycles. The number of fused-ring (bicyclic) bond motifs is 5. The third-order valence-corrected chi connectivity index (χ3v) is 4.56. The number of aliphatic hydroxyl groups is 1. The molecule has 0 unspecified atom stereocenters. The summed E-state index contributed by atoms with van der Waals surface area (Å²) in [5, 5.41) is 10.5. The van der Waals surface area contributed by atoms with Crippen molar-refractivity contribution in [3.8, 4) is 5.75 Å². The molecule has 20 heavy (non-hydrogen) atoms. The summed E-state index contributed by atoms with van der Waals surface area (Å²) in [4.78, 5) is 12.3. The molecule has 4 rings (SSSR count). The Labute approximate surface area is 114 Å². The molecule has 2 aliphatic heterocycles. The second-order valence-corrected chi connectivity index (χ2v) is 5.75. The zero-order valence-electron chi connectivity index (χ0n) is 11.2. The van der Waals surface area contributed by atoms with E-state index in [1.807, 2.05) is 19.1 Å². The molecule has 0 bridgehead atoms. The van der Waals surface area contributed by atoms with E-state index < -0.39 is 23.1 Å². The third kappa shape index (κ3) is 1.22. The molecule has 1 fully saturated rings. The second-order valence-electron chi connectivity index (χ2n) is 5.75. The Hall–Kier alpha value is -1.85. The minimum Gasteiger partial charge on any atom is -0.460 e. The van der Waals surface area contributed by atoms with E-state index in [-0.39, 0.29) is 0 Å². The molecule has 1 aromatic heterocycles. The zero-order chi connectivity index (χ0) is 14.1. The highest BCUT2D eigenvalue weighted by Gasteiger charge is 2.64. The van der Waals surface area contributed by atoms with Crippen molar-refractivity contribution in [1.82, 2.24) is 0 Å². The van der Waals surface area contributed by atoms with Gasteiger partial charge in [0.2, 0.25) is 5.79 Å². The SMILES string of the molecule is C[C@]12Oc3c(c(=O)oc4ccccc34)[C@@]1(C)C[C@@H](O)O2. The molecule has 0 aliphatic carbocycles. The third-order valence-electron chi connectivity index (χ3n) is 4.56. The molecule has 3 heterocycles. The van der Waals surface area contributed by atoms with Crippen LogP contribution in [0.4, 0.5) is 0 Å². The summed E-state index contributed by atoms with van der Waals surface area (Å²) in [7, 11) is 0. The Bertz CT molecular complexity index is 779. The average Bonchev–Trinajstić information content (AvgIpc) is 2.71. The van der Waals surface area contributed by atoms with Crippen molar-refractivity contribution in [1.29, 1.82) is 0 Å². The topological polar surface area (TPSA) is 68.9 Å². The first-order valence-electron chi connectivity index (χ1n) is 6.56. The fourth-order valence-electron chi connectivity index (χ4n) is 3.33. The number of rotatable bonds is 0. The quantitative estimate of drug-likeness (QED) is 0.743. The van der Waals surface area contributed by atoms with Crippen LogP contribution in [-0.2, 0) is 10.2 Å². The maximum atomic E-state index is 12.3. The number of benzene rings is 1. The van der Waals surface area contributed by atoms with E-state index in [1.54, 1.807) is 19.1 Å². The first-order chi connectivity index (χ1) is 9.45. The number of hydrogen-bond donors (Lipinski definition) is 1. The first-order valence-corrected chi connectivity index (χ1v) is 6.56. The van der Waals surface area contributed by atoms with Gasteiger partial charge >= 0.3 is 5.63 Å². The Balaban J connectivity index is 2.09. The van der Waals surface area contributed by atoms with E-state index in [1.165, 1.54) is 0 Å². The van der Waals surface area contributed by atoms with Gasteiger partial charge in [0.05, 0.1) is 16.4 Å². The van der Waals surface area contributed by atoms with Crippen molar-refractivity contribution < 1.29 is 19.0 Å². The predicted octanol–water partition coefficient (Wildman–Crippen LogP) is 1.90. The highest BCUT2D eigenvalue weighted by Crippen LogP contribution is 2.56. The van der Waals surface area contributed by atoms with E-state index in [2.05, 4.69) is 0 Å². The molecule has 1 aromatic carbocycles. The monoisotopic (exact) mass is 274 g/mol. The van der Waals surface area contributed by atoms with Gasteiger partial charge in [0, 0.05) is 13.3 Å². The summed E-state index contributed by atoms with van der Waals surface area (Å²) in [6, 6.07) is 7.24. The van der Waals surface area contributed by atoms with Crippen LogP contribution in [0.5, 0.6) is 5.75 Å². The van der Waals surface area contributed by atoms with Crippen molar-refractivity contribution in [3.05, 3.63) is 40.2 Å². The van der Waals surface area contributed by atoms with Crippen LogP contribution in [0.1, 0.15) is 25.8 Å². The second kappa shape index (κ2) is 3.42. The molecular weight excluding hydrogens is 260 g/mol. The zero-order valence-corrected chi connectivity index (χ0v) is 11.2. The standard InChI is InChI=1S/C15H14O5/c1-14-7-10(16)19-15(14,2)20-12-8-5-3-4-6-9(8)18-13(17)11(12)14/h3-6,10,16H,7H2,1-2H3/t10-,14+,15-/m0/s1. The number of hydrogen-bond acceptors (Lipinski definition) is 5. The Morgan fingerprint density at radius 2 is 2.05 bits per heavy atom. The average molecular weight is 274 g/mol. The Morgan fingerprint density at radius 1 is 1.30 bits per heavy atom. The first kappa shape index (κ1) is 11.9. The van der Waals surface area contributed by atoms with Gasteiger partial charge in [-0.1, -0.05) is 12.1 Å². The molecular formula is C15H14O5. The fraction of sp³-hybridized carbons (Fsp3) is 0.400. The van der Waals surface area contributed by atoms with Gasteiger partial charge in [-0.2, -0.15) is 0 Å². The molecule has 1 N–H and O–H groups in total. The lowest BCUT2D eigenvalue weighted by molar-refractivity contribution is -0.216. The predicted molar refractivity (Wildman–Crippen MR) is 70.6 cm³/mol. The minimum atomic E-state index is -1.05. The molecule has 2 aliphatic rings. The lowest BCUT2D eigenvalue weighted by Gasteiger charge is -2.29. The van der Waals surface area contributed by atoms with Crippen molar-refractivity contribution in [2.45, 2.75) is 37.8 Å². The molecule has 2 aromatic rings. The van der Waals surface area contributed by atoms with Crippen LogP contribution in [0.15, 0.2) is 33.5 Å². The van der Waals surface area contributed by atoms with E-state index in [9.17, 15) is 9.90 Å². The summed E-state index contributed by atoms with van der Waals surface area (Å²) in [5.74, 6) is -0.540. The Morgan fingerprint density at radius 3 is 2.85 bits per heavy atom. The molecule has 5 nitrogen and oxygen atoms in total. The van der Waals surface area contributed by atoms with Crippen LogP contribution in [0.25, 0.3) is 11.0 Å². The fourth-order valence-corrected chi connectivity index (χ4v) is 3.33. The van der Waals surface area contributed by atoms with Crippen LogP contribution in [0, 0.1) is 0 Å². The van der Waals surface area contributed by atoms with Gasteiger partial charge in [0.25, 0.3) is 0 Å². The van der Waals surface area contributed by atoms with Crippen LogP contribution >= 0.6 is 0 Å². The maximum Gasteiger partial charge on any atom is 0.344 e. The van der Waals surface area contributed by atoms with E-state index in [4.69, 9.17) is 13.9 Å². The van der Waals surface area contributed by atoms with Gasteiger partial charge < -0.3 is 19.0 Å². The molecule has 0 saturated carbocycles. The maximum absolute atomic E-state index is 12.3. The smallest absolute Gasteiger partial charge is 0.344 e. The van der Waals surface area contributed by atoms with Gasteiger partial charge in [-0.15, -0.1) is 0 Å². The summed E-state index contributed by atoms with van der Waals surface area (Å²) in [6.07, 6.45) is -0.636. The van der Waals surface area contributed by atoms with Crippen LogP contribution in [-0.4, -0.2) is 17.2 Å². The number of aliphatic hydroxyl groups excluding tert-OH is 1. The normalized spacial score (nSPS) is 34.9. The van der Waals surface area contributed by atoms with Crippen molar-refractivity contribution in [2.24, 2.45) is 0 Å². The highest BCUT2D eigenvalue weighted by atomic mass is 16.8. The van der Waals surface area contributed by atoms with Gasteiger partial charge in [0.15, 0.2) is 6.29 Å². The van der Waals surface area contributed by atoms with Crippen LogP contribution in [0.3, 0.4) is 0 Å². The summed E-state index contributed by atoms with van der Waals surface area (Å²) < 4.78 is 16.8. The van der Waals surface area contributed by atoms with E-state index in [0.717, 1.165) is 5.39 Å². The van der Waals surface area contributed by atoms with E-state index in [0.29, 0.717) is 23.3 Å². The van der Waals surface area contributed by atoms with Gasteiger partial charge in [-0.3, -0.25) is 0 Å². The van der Waals surface area contributed by atoms with Crippen molar-refractivity contribution in [2.75, 3.05) is 0 Å². The van der Waals surface area contributed by atoms with Gasteiger partial charge in [-0.05, 0) is 19.1 Å². The van der Waals surface area contributed by atoms with Crippen LogP contribution < -0.4 is 10.4 Å². The lowest BCUT2D eigenvalue weighted by atomic mass is 9.77. The van der Waals surface area contributed by atoms with Crippen LogP contribution in [0.2, 0.25) is 0 Å². The van der Waals surface area contributed by atoms with Crippen molar-refractivity contribution in [3.63, 3.8) is 0 Å². The summed E-state index contributed by atoms with van der Waals surface area (Å²) in [6.45, 7) is 3.61. The molecule has 0 spiro atoms. The van der Waals surface area contributed by atoms with Gasteiger partial charge in [0.1, 0.15) is 11.3 Å². The minimum absolute atomic E-state index is 0.305. The molecule has 3 atom stereocenters. The molecule has 5 heteroatoms. The highest BCUT2D eigenvalue weighted by molar-refractivity contribution is 5.85. The lowest BCUT2D eigenvalue weighted by Crippen LogP contribution is -2.44. The largest absolute Gasteiger partial charge is 0.460 e. The summed E-state index contributed by atoms with van der Waals surface area (Å²) in [5.41, 5.74) is -0.200. The molecule has 104 valence electrons. The molecule has 0 amide bonds. The molecule has 0 radical (unpaired) electrons. The van der Waals surface area contributed by atoms with Crippen molar-refractivity contribution >= 4 is 11.0 Å². The summed E-state index contributed by atoms with van der Waals surface area (Å²) >= 11 is 0. The number of para-hydroxylation sites is 1. The number of ether oxygens (including phenoxy) is 2. The van der Waals surface area contributed by atoms with E-state index >= 15 is 0 Å². The Kier molecular flexibility index (Phi) is 2.04. The van der Waals surface area contributed by atoms with Gasteiger partial charge in [-0.25, -0.2) is 4.79 Å².